The quantitative estimate of drug-likeness (QED) is 0.737. The van der Waals surface area contributed by atoms with E-state index in [0.717, 1.165) is 12.1 Å². The van der Waals surface area contributed by atoms with Crippen LogP contribution in [0.2, 0.25) is 5.02 Å². The third kappa shape index (κ3) is 3.17. The van der Waals surface area contributed by atoms with Crippen molar-refractivity contribution in [1.82, 2.24) is 14.8 Å². The minimum absolute atomic E-state index is 0.0129. The predicted molar refractivity (Wildman–Crippen MR) is 87.7 cm³/mol. The maximum atomic E-state index is 12.8. The number of hydrogen-bond donors (Lipinski definition) is 1. The van der Waals surface area contributed by atoms with Gasteiger partial charge in [0.25, 0.3) is 5.91 Å². The summed E-state index contributed by atoms with van der Waals surface area (Å²) in [5.41, 5.74) is 0.330. The number of benzene rings is 1. The van der Waals surface area contributed by atoms with E-state index in [-0.39, 0.29) is 16.3 Å². The van der Waals surface area contributed by atoms with Crippen molar-refractivity contribution in [2.24, 2.45) is 7.05 Å². The Morgan fingerprint density at radius 1 is 1.32 bits per heavy atom. The third-order valence-corrected chi connectivity index (χ3v) is 4.05. The van der Waals surface area contributed by atoms with Crippen LogP contribution in [-0.4, -0.2) is 20.7 Å². The van der Waals surface area contributed by atoms with E-state index in [2.05, 4.69) is 15.4 Å². The van der Waals surface area contributed by atoms with Gasteiger partial charge < -0.3 is 5.32 Å². The number of hydrogen-bond acceptors (Lipinski definition) is 3. The molecule has 0 bridgehead atoms. The van der Waals surface area contributed by atoms with Crippen LogP contribution in [0, 0.1) is 6.92 Å². The minimum atomic E-state index is -4.49. The molecule has 5 nitrogen and oxygen atoms in total. The number of fused-ring (bicyclic) bond motifs is 1. The standard InChI is InChI=1S/C16H12ClF3N4O/c1-8-12-13(17)11(7-21-14(12)24(2)23-8)15(25)22-10-5-3-4-9(6-10)16(18,19)20/h3-7H,1-2H3,(H,22,25). The van der Waals surface area contributed by atoms with E-state index in [0.29, 0.717) is 16.7 Å². The Morgan fingerprint density at radius 2 is 2.04 bits per heavy atom. The van der Waals surface area contributed by atoms with Crippen LogP contribution in [0.3, 0.4) is 0 Å². The number of nitrogens with zero attached hydrogens (tertiary/aromatic N) is 3. The van der Waals surface area contributed by atoms with Crippen LogP contribution in [0.15, 0.2) is 30.5 Å². The highest BCUT2D eigenvalue weighted by Gasteiger charge is 2.30. The van der Waals surface area contributed by atoms with Gasteiger partial charge in [0.05, 0.1) is 27.2 Å². The summed E-state index contributed by atoms with van der Waals surface area (Å²) in [5, 5.41) is 7.28. The smallest absolute Gasteiger partial charge is 0.322 e. The molecular formula is C16H12ClF3N4O. The van der Waals surface area contributed by atoms with E-state index in [1.54, 1.807) is 14.0 Å². The molecular weight excluding hydrogens is 357 g/mol. The number of carbonyl (C=O) groups excluding carboxylic acids is 1. The normalized spacial score (nSPS) is 11.8. The summed E-state index contributed by atoms with van der Waals surface area (Å²) in [6.45, 7) is 1.73. The molecule has 25 heavy (non-hydrogen) atoms. The van der Waals surface area contributed by atoms with E-state index in [4.69, 9.17) is 11.6 Å². The first-order valence-electron chi connectivity index (χ1n) is 7.15. The van der Waals surface area contributed by atoms with Crippen molar-refractivity contribution in [1.29, 1.82) is 0 Å². The second-order valence-electron chi connectivity index (χ2n) is 5.43. The molecule has 1 amide bonds. The average molecular weight is 369 g/mol. The minimum Gasteiger partial charge on any atom is -0.322 e. The number of nitrogens with one attached hydrogen (secondary N) is 1. The molecule has 3 rings (SSSR count). The Kier molecular flexibility index (Phi) is 4.16. The highest BCUT2D eigenvalue weighted by Crippen LogP contribution is 2.31. The summed E-state index contributed by atoms with van der Waals surface area (Å²) in [6, 6.07) is 4.36. The summed E-state index contributed by atoms with van der Waals surface area (Å²) >= 11 is 6.29. The molecule has 130 valence electrons. The largest absolute Gasteiger partial charge is 0.416 e. The fourth-order valence-electron chi connectivity index (χ4n) is 2.50. The van der Waals surface area contributed by atoms with Crippen LogP contribution in [-0.2, 0) is 13.2 Å². The first kappa shape index (κ1) is 17.2. The van der Waals surface area contributed by atoms with E-state index in [1.807, 2.05) is 0 Å². The van der Waals surface area contributed by atoms with Gasteiger partial charge in [-0.2, -0.15) is 18.3 Å². The molecule has 2 aromatic heterocycles. The maximum absolute atomic E-state index is 12.8. The Labute approximate surface area is 145 Å². The number of amides is 1. The van der Waals surface area contributed by atoms with Crippen LogP contribution in [0.5, 0.6) is 0 Å². The van der Waals surface area contributed by atoms with Gasteiger partial charge in [0.2, 0.25) is 0 Å². The lowest BCUT2D eigenvalue weighted by Crippen LogP contribution is -2.14. The van der Waals surface area contributed by atoms with Crippen LogP contribution >= 0.6 is 11.6 Å². The molecule has 0 atom stereocenters. The molecule has 0 aliphatic rings. The summed E-state index contributed by atoms with van der Waals surface area (Å²) in [7, 11) is 1.70. The number of aromatic nitrogens is 3. The average Bonchev–Trinajstić information content (AvgIpc) is 2.82. The van der Waals surface area contributed by atoms with E-state index in [9.17, 15) is 18.0 Å². The molecule has 1 N–H and O–H groups in total. The zero-order valence-corrected chi connectivity index (χ0v) is 13.9. The number of rotatable bonds is 2. The van der Waals surface area contributed by atoms with Gasteiger partial charge in [0.15, 0.2) is 5.65 Å². The molecule has 0 aliphatic heterocycles. The monoisotopic (exact) mass is 368 g/mol. The molecule has 0 fully saturated rings. The van der Waals surface area contributed by atoms with Crippen molar-refractivity contribution < 1.29 is 18.0 Å². The zero-order valence-electron chi connectivity index (χ0n) is 13.1. The number of anilines is 1. The van der Waals surface area contributed by atoms with E-state index >= 15 is 0 Å². The maximum Gasteiger partial charge on any atom is 0.416 e. The summed E-state index contributed by atoms with van der Waals surface area (Å²) in [5.74, 6) is -0.651. The fourth-order valence-corrected chi connectivity index (χ4v) is 2.85. The van der Waals surface area contributed by atoms with Crippen molar-refractivity contribution in [2.45, 2.75) is 13.1 Å². The van der Waals surface area contributed by atoms with Gasteiger partial charge >= 0.3 is 6.18 Å². The van der Waals surface area contributed by atoms with Gasteiger partial charge in [0.1, 0.15) is 0 Å². The Balaban J connectivity index is 1.96. The Bertz CT molecular complexity index is 981. The molecule has 0 aliphatic carbocycles. The molecule has 1 aromatic carbocycles. The fraction of sp³-hybridized carbons (Fsp3) is 0.188. The summed E-state index contributed by atoms with van der Waals surface area (Å²) in [4.78, 5) is 16.6. The topological polar surface area (TPSA) is 59.8 Å². The SMILES string of the molecule is Cc1nn(C)c2ncc(C(=O)Nc3cccc(C(F)(F)F)c3)c(Cl)c12. The number of alkyl halides is 3. The van der Waals surface area contributed by atoms with Crippen LogP contribution < -0.4 is 5.32 Å². The molecule has 0 saturated carbocycles. The second-order valence-corrected chi connectivity index (χ2v) is 5.80. The summed E-state index contributed by atoms with van der Waals surface area (Å²) < 4.78 is 39.8. The van der Waals surface area contributed by atoms with Crippen molar-refractivity contribution in [3.8, 4) is 0 Å². The lowest BCUT2D eigenvalue weighted by Gasteiger charge is -2.10. The predicted octanol–water partition coefficient (Wildman–Crippen LogP) is 4.20. The highest BCUT2D eigenvalue weighted by molar-refractivity contribution is 6.39. The molecule has 9 heteroatoms. The van der Waals surface area contributed by atoms with Gasteiger partial charge in [-0.25, -0.2) is 4.98 Å². The van der Waals surface area contributed by atoms with Crippen LogP contribution in [0.25, 0.3) is 11.0 Å². The van der Waals surface area contributed by atoms with Crippen molar-refractivity contribution in [2.75, 3.05) is 5.32 Å². The van der Waals surface area contributed by atoms with Gasteiger partial charge in [0, 0.05) is 18.9 Å². The van der Waals surface area contributed by atoms with Crippen molar-refractivity contribution in [3.63, 3.8) is 0 Å². The highest BCUT2D eigenvalue weighted by atomic mass is 35.5. The third-order valence-electron chi connectivity index (χ3n) is 3.66. The first-order chi connectivity index (χ1) is 11.7. The molecule has 3 aromatic rings. The first-order valence-corrected chi connectivity index (χ1v) is 7.52. The second kappa shape index (κ2) is 6.03. The lowest BCUT2D eigenvalue weighted by atomic mass is 10.1. The van der Waals surface area contributed by atoms with Gasteiger partial charge in [-0.3, -0.25) is 9.48 Å². The van der Waals surface area contributed by atoms with Crippen molar-refractivity contribution >= 4 is 34.2 Å². The number of halogens is 4. The number of aryl methyl sites for hydroxylation is 2. The molecule has 2 heterocycles. The van der Waals surface area contributed by atoms with Crippen LogP contribution in [0.4, 0.5) is 18.9 Å². The number of carbonyl (C=O) groups is 1. The number of pyridine rings is 1. The summed E-state index contributed by atoms with van der Waals surface area (Å²) in [6.07, 6.45) is -3.22. The van der Waals surface area contributed by atoms with Crippen LogP contribution in [0.1, 0.15) is 21.6 Å². The van der Waals surface area contributed by atoms with E-state index < -0.39 is 17.6 Å². The van der Waals surface area contributed by atoms with Gasteiger partial charge in [-0.1, -0.05) is 17.7 Å². The Hall–Kier alpha value is -2.61. The lowest BCUT2D eigenvalue weighted by molar-refractivity contribution is -0.137. The zero-order chi connectivity index (χ0) is 18.4. The molecule has 0 saturated heterocycles. The molecule has 0 unspecified atom stereocenters. The van der Waals surface area contributed by atoms with E-state index in [1.165, 1.54) is 23.0 Å². The molecule has 0 spiro atoms. The van der Waals surface area contributed by atoms with Crippen molar-refractivity contribution in [3.05, 3.63) is 52.3 Å². The van der Waals surface area contributed by atoms with Gasteiger partial charge in [-0.05, 0) is 25.1 Å². The molecule has 0 radical (unpaired) electrons. The Morgan fingerprint density at radius 3 is 2.72 bits per heavy atom. The van der Waals surface area contributed by atoms with Gasteiger partial charge in [-0.15, -0.1) is 0 Å².